The van der Waals surface area contributed by atoms with Crippen LogP contribution in [0, 0.1) is 0 Å². The maximum absolute atomic E-state index is 11.1. The molecule has 0 aromatic heterocycles. The van der Waals surface area contributed by atoms with Crippen molar-refractivity contribution in [3.8, 4) is 0 Å². The summed E-state index contributed by atoms with van der Waals surface area (Å²) in [4.78, 5) is 22.7. The lowest BCUT2D eigenvalue weighted by Crippen LogP contribution is -2.21. The summed E-state index contributed by atoms with van der Waals surface area (Å²) in [7, 11) is 0. The lowest BCUT2D eigenvalue weighted by molar-refractivity contribution is -0.137. The van der Waals surface area contributed by atoms with Crippen LogP contribution in [0.5, 0.6) is 0 Å². The van der Waals surface area contributed by atoms with E-state index in [4.69, 9.17) is 10.2 Å². The van der Waals surface area contributed by atoms with Gasteiger partial charge in [-0.05, 0) is 68.4 Å². The van der Waals surface area contributed by atoms with E-state index in [0.29, 0.717) is 12.8 Å². The number of aromatic carboxylic acids is 1. The molecule has 2 aromatic carbocycles. The van der Waals surface area contributed by atoms with Gasteiger partial charge < -0.3 is 15.3 Å². The van der Waals surface area contributed by atoms with Crippen molar-refractivity contribution in [3.05, 3.63) is 77.9 Å². The van der Waals surface area contributed by atoms with E-state index in [2.05, 4.69) is 36.4 Å². The third-order valence-electron chi connectivity index (χ3n) is 5.90. The monoisotopic (exact) mass is 498 g/mol. The molecule has 5 nitrogen and oxygen atoms in total. The Balaban J connectivity index is 1.72. The van der Waals surface area contributed by atoms with E-state index in [-0.39, 0.29) is 17.2 Å². The Morgan fingerprint density at radius 3 is 2.14 bits per heavy atom. The molecule has 2 atom stereocenters. The van der Waals surface area contributed by atoms with Gasteiger partial charge in [0.05, 0.1) is 16.9 Å². The third-order valence-corrected chi connectivity index (χ3v) is 7.19. The summed E-state index contributed by atoms with van der Waals surface area (Å²) in [6.07, 6.45) is 13.7. The number of hydrogen-bond acceptors (Lipinski definition) is 4. The molecule has 6 heteroatoms. The van der Waals surface area contributed by atoms with Crippen molar-refractivity contribution in [2.45, 2.75) is 86.9 Å². The van der Waals surface area contributed by atoms with Crippen molar-refractivity contribution < 1.29 is 24.9 Å². The molecule has 3 N–H and O–H groups in total. The normalized spacial score (nSPS) is 13.1. The Morgan fingerprint density at radius 2 is 1.49 bits per heavy atom. The fourth-order valence-corrected chi connectivity index (χ4v) is 4.97. The number of carbonyl (C=O) groups is 2. The Labute approximate surface area is 213 Å². The highest BCUT2D eigenvalue weighted by Crippen LogP contribution is 2.29. The van der Waals surface area contributed by atoms with E-state index in [1.807, 2.05) is 6.08 Å². The number of aliphatic carboxylic acids is 1. The molecule has 0 spiro atoms. The van der Waals surface area contributed by atoms with Gasteiger partial charge in [0, 0.05) is 11.3 Å². The van der Waals surface area contributed by atoms with Gasteiger partial charge in [0.15, 0.2) is 0 Å². The number of unbranched alkanes of at least 4 members (excludes halogenated alkanes) is 6. The maximum Gasteiger partial charge on any atom is 0.335 e. The molecule has 2 rings (SSSR count). The molecule has 0 bridgehead atoms. The van der Waals surface area contributed by atoms with Crippen LogP contribution >= 0.6 is 11.8 Å². The highest BCUT2D eigenvalue weighted by Gasteiger charge is 2.18. The zero-order valence-electron chi connectivity index (χ0n) is 20.4. The third kappa shape index (κ3) is 12.6. The number of hydrogen-bond donors (Lipinski definition) is 3. The molecule has 0 radical (unpaired) electrons. The topological polar surface area (TPSA) is 94.8 Å². The zero-order valence-corrected chi connectivity index (χ0v) is 21.2. The van der Waals surface area contributed by atoms with Crippen LogP contribution in [-0.2, 0) is 11.2 Å². The molecular weight excluding hydrogens is 460 g/mol. The Hall–Kier alpha value is -2.57. The SMILES string of the molecule is O=C(O)CCC[C@H](O)[C@@H](/C=C\CCCCCCCCc1ccccc1)Sc1ccc(C(=O)O)cc1. The van der Waals surface area contributed by atoms with Gasteiger partial charge >= 0.3 is 11.9 Å². The average molecular weight is 499 g/mol. The van der Waals surface area contributed by atoms with Crippen LogP contribution in [0.3, 0.4) is 0 Å². The number of carboxylic acids is 2. The first-order chi connectivity index (χ1) is 17.0. The predicted octanol–water partition coefficient (Wildman–Crippen LogP) is 6.99. The maximum atomic E-state index is 11.1. The van der Waals surface area contributed by atoms with Gasteiger partial charge in [0.25, 0.3) is 0 Å². The summed E-state index contributed by atoms with van der Waals surface area (Å²) in [6, 6.07) is 17.2. The first kappa shape index (κ1) is 28.7. The number of allylic oxidation sites excluding steroid dienone is 1. The molecule has 0 saturated carbocycles. The fourth-order valence-electron chi connectivity index (χ4n) is 3.88. The molecular formula is C29H38O5S. The number of aryl methyl sites for hydroxylation is 1. The van der Waals surface area contributed by atoms with Gasteiger partial charge in [-0.3, -0.25) is 4.79 Å². The number of aliphatic hydroxyl groups excluding tert-OH is 1. The number of carboxylic acid groups (broad SMARTS) is 2. The van der Waals surface area contributed by atoms with Gasteiger partial charge in [0.1, 0.15) is 0 Å². The van der Waals surface area contributed by atoms with Crippen LogP contribution in [0.2, 0.25) is 0 Å². The number of thioether (sulfide) groups is 1. The minimum absolute atomic E-state index is 0.0385. The molecule has 35 heavy (non-hydrogen) atoms. The second-order valence-corrected chi connectivity index (χ2v) is 10.1. The lowest BCUT2D eigenvalue weighted by atomic mass is 10.0. The Bertz CT molecular complexity index is 895. The molecule has 0 saturated heterocycles. The van der Waals surface area contributed by atoms with E-state index in [1.54, 1.807) is 24.3 Å². The molecule has 0 heterocycles. The summed E-state index contributed by atoms with van der Waals surface area (Å²) >= 11 is 1.47. The number of aliphatic hydroxyl groups is 1. The average Bonchev–Trinajstić information content (AvgIpc) is 2.85. The van der Waals surface area contributed by atoms with Gasteiger partial charge in [-0.1, -0.05) is 68.2 Å². The lowest BCUT2D eigenvalue weighted by Gasteiger charge is -2.19. The summed E-state index contributed by atoms with van der Waals surface area (Å²) in [6.45, 7) is 0. The Kier molecular flexibility index (Phi) is 13.9. The molecule has 0 aliphatic carbocycles. The van der Waals surface area contributed by atoms with Crippen molar-refractivity contribution in [3.63, 3.8) is 0 Å². The highest BCUT2D eigenvalue weighted by molar-refractivity contribution is 8.00. The van der Waals surface area contributed by atoms with Crippen molar-refractivity contribution in [2.24, 2.45) is 0 Å². The molecule has 0 unspecified atom stereocenters. The van der Waals surface area contributed by atoms with Crippen molar-refractivity contribution in [2.75, 3.05) is 0 Å². The summed E-state index contributed by atoms with van der Waals surface area (Å²) in [5.41, 5.74) is 1.64. The van der Waals surface area contributed by atoms with E-state index in [9.17, 15) is 14.7 Å². The molecule has 0 fully saturated rings. The van der Waals surface area contributed by atoms with Crippen LogP contribution in [-0.4, -0.2) is 38.6 Å². The van der Waals surface area contributed by atoms with Crippen LogP contribution in [0.25, 0.3) is 0 Å². The summed E-state index contributed by atoms with van der Waals surface area (Å²) in [5, 5.41) is 28.4. The minimum atomic E-state index is -0.970. The van der Waals surface area contributed by atoms with E-state index in [1.165, 1.54) is 49.4 Å². The van der Waals surface area contributed by atoms with Crippen molar-refractivity contribution in [1.82, 2.24) is 0 Å². The molecule has 0 aliphatic heterocycles. The van der Waals surface area contributed by atoms with Gasteiger partial charge in [-0.15, -0.1) is 11.8 Å². The molecule has 190 valence electrons. The van der Waals surface area contributed by atoms with E-state index < -0.39 is 18.0 Å². The quantitative estimate of drug-likeness (QED) is 0.116. The van der Waals surface area contributed by atoms with Crippen molar-refractivity contribution in [1.29, 1.82) is 0 Å². The summed E-state index contributed by atoms with van der Waals surface area (Å²) < 4.78 is 0. The van der Waals surface area contributed by atoms with E-state index >= 15 is 0 Å². The first-order valence-corrected chi connectivity index (χ1v) is 13.4. The van der Waals surface area contributed by atoms with Gasteiger partial charge in [0.2, 0.25) is 0 Å². The molecule has 2 aromatic rings. The van der Waals surface area contributed by atoms with Crippen LogP contribution in [0.15, 0.2) is 71.6 Å². The zero-order chi connectivity index (χ0) is 25.3. The second kappa shape index (κ2) is 17.0. The predicted molar refractivity (Wildman–Crippen MR) is 142 cm³/mol. The van der Waals surface area contributed by atoms with Gasteiger partial charge in [-0.2, -0.15) is 0 Å². The van der Waals surface area contributed by atoms with Crippen LogP contribution < -0.4 is 0 Å². The smallest absolute Gasteiger partial charge is 0.335 e. The number of benzene rings is 2. The van der Waals surface area contributed by atoms with E-state index in [0.717, 1.165) is 24.2 Å². The van der Waals surface area contributed by atoms with Crippen LogP contribution in [0.1, 0.15) is 80.1 Å². The largest absolute Gasteiger partial charge is 0.481 e. The minimum Gasteiger partial charge on any atom is -0.481 e. The summed E-state index contributed by atoms with van der Waals surface area (Å²) in [5.74, 6) is -1.83. The highest BCUT2D eigenvalue weighted by atomic mass is 32.2. The second-order valence-electron chi connectivity index (χ2n) is 8.84. The standard InChI is InChI=1S/C29H38O5S/c30-26(16-12-18-28(31)32)27(35-25-21-19-24(20-22-25)29(33)34)17-11-6-4-2-1-3-5-8-13-23-14-9-7-10-15-23/h7,9-11,14-15,17,19-22,26-27,30H,1-6,8,12-13,16,18H2,(H,31,32)(H,33,34)/b17-11-/t26-,27+/m0/s1. The fraction of sp³-hybridized carbons (Fsp3) is 0.448. The Morgan fingerprint density at radius 1 is 0.829 bits per heavy atom. The number of rotatable bonds is 18. The molecule has 0 aliphatic rings. The van der Waals surface area contributed by atoms with Crippen molar-refractivity contribution >= 4 is 23.7 Å². The van der Waals surface area contributed by atoms with Gasteiger partial charge in [-0.25, -0.2) is 4.79 Å². The first-order valence-electron chi connectivity index (χ1n) is 12.6. The van der Waals surface area contributed by atoms with Crippen LogP contribution in [0.4, 0.5) is 0 Å². The molecule has 0 amide bonds.